The predicted molar refractivity (Wildman–Crippen MR) is 151 cm³/mol. The first-order chi connectivity index (χ1) is 20.9. The number of rotatable bonds is 11. The summed E-state index contributed by atoms with van der Waals surface area (Å²) in [6.45, 7) is 1.57. The van der Waals surface area contributed by atoms with Crippen molar-refractivity contribution in [3.05, 3.63) is 39.3 Å². The number of thiazole rings is 1. The van der Waals surface area contributed by atoms with Gasteiger partial charge in [-0.05, 0) is 13.8 Å². The van der Waals surface area contributed by atoms with Crippen LogP contribution in [0.2, 0.25) is 0 Å². The Morgan fingerprint density at radius 1 is 1.27 bits per heavy atom. The van der Waals surface area contributed by atoms with E-state index in [1.165, 1.54) is 10.3 Å². The standard InChI is InChI=1S/C23H26N8O12S2/c1-23(2,21(38)39)43-29-15(11-8-44-22(24)27-11)18(35)28-16-12(31(20(16)37)45(40,41)42)4-26-17(34)9-6-30(7-9)19(36)10-3-13(32)14(33)5-25-10/h3,5,8-9,12,16,33H,4,6-7H2,1-2H3,(H2,24,27)(H,25,32)(H,26,34)(H,28,35)(H,38,39)(H,40,41,42)/t12-,16+/m1/s1. The molecular weight excluding hydrogens is 644 g/mol. The first kappa shape index (κ1) is 32.8. The predicted octanol–water partition coefficient (Wildman–Crippen LogP) is -2.91. The fourth-order valence-corrected chi connectivity index (χ4v) is 5.52. The molecule has 0 aliphatic carbocycles. The average molecular weight is 671 g/mol. The van der Waals surface area contributed by atoms with Gasteiger partial charge < -0.3 is 41.3 Å². The van der Waals surface area contributed by atoms with E-state index in [4.69, 9.17) is 10.6 Å². The molecule has 2 fully saturated rings. The summed E-state index contributed by atoms with van der Waals surface area (Å²) in [5.74, 6) is -6.43. The molecule has 0 bridgehead atoms. The van der Waals surface area contributed by atoms with Gasteiger partial charge in [0.05, 0.1) is 12.0 Å². The fraction of sp³-hybridized carbons (Fsp3) is 0.391. The number of carboxylic acid groups (broad SMARTS) is 1. The van der Waals surface area contributed by atoms with Gasteiger partial charge in [-0.1, -0.05) is 5.16 Å². The molecular formula is C23H26N8O12S2. The van der Waals surface area contributed by atoms with E-state index in [0.717, 1.165) is 37.4 Å². The minimum Gasteiger partial charge on any atom is -0.503 e. The average Bonchev–Trinajstić information content (AvgIpc) is 3.34. The highest BCUT2D eigenvalue weighted by atomic mass is 32.2. The smallest absolute Gasteiger partial charge is 0.362 e. The van der Waals surface area contributed by atoms with Gasteiger partial charge in [-0.2, -0.15) is 8.42 Å². The Morgan fingerprint density at radius 3 is 2.49 bits per heavy atom. The minimum atomic E-state index is -5.12. The molecule has 22 heteroatoms. The third-order valence-corrected chi connectivity index (χ3v) is 8.33. The van der Waals surface area contributed by atoms with Crippen molar-refractivity contribution in [1.82, 2.24) is 29.8 Å². The minimum absolute atomic E-state index is 0.00784. The normalized spacial score (nSPS) is 18.9. The van der Waals surface area contributed by atoms with E-state index < -0.39 is 86.9 Å². The maximum atomic E-state index is 13.2. The number of carbonyl (C=O) groups excluding carboxylic acids is 4. The number of aromatic nitrogens is 2. The van der Waals surface area contributed by atoms with Gasteiger partial charge >= 0.3 is 16.3 Å². The highest BCUT2D eigenvalue weighted by Gasteiger charge is 2.54. The number of nitrogens with two attached hydrogens (primary N) is 1. The highest BCUT2D eigenvalue weighted by molar-refractivity contribution is 7.84. The lowest BCUT2D eigenvalue weighted by Crippen LogP contribution is -2.75. The second-order valence-electron chi connectivity index (χ2n) is 10.3. The third-order valence-electron chi connectivity index (χ3n) is 6.71. The molecule has 242 valence electrons. The number of hydrogen-bond acceptors (Lipinski definition) is 14. The topological polar surface area (TPSA) is 304 Å². The number of oxime groups is 1. The van der Waals surface area contributed by atoms with Gasteiger partial charge in [-0.25, -0.2) is 14.1 Å². The zero-order chi connectivity index (χ0) is 33.4. The number of carboxylic acids is 1. The van der Waals surface area contributed by atoms with Crippen molar-refractivity contribution in [2.24, 2.45) is 11.1 Å². The molecule has 0 saturated carbocycles. The fourth-order valence-electron chi connectivity index (χ4n) is 4.09. The zero-order valence-corrected chi connectivity index (χ0v) is 24.9. The Kier molecular flexibility index (Phi) is 8.84. The number of amides is 4. The van der Waals surface area contributed by atoms with Crippen LogP contribution in [0.3, 0.4) is 0 Å². The van der Waals surface area contributed by atoms with Crippen LogP contribution in [0.1, 0.15) is 30.0 Å². The Bertz CT molecular complexity index is 1760. The van der Waals surface area contributed by atoms with Crippen LogP contribution in [0.25, 0.3) is 0 Å². The molecule has 0 aromatic carbocycles. The van der Waals surface area contributed by atoms with Crippen molar-refractivity contribution in [2.45, 2.75) is 31.5 Å². The number of H-pyrrole nitrogens is 1. The molecule has 2 aliphatic rings. The first-order valence-corrected chi connectivity index (χ1v) is 15.0. The molecule has 2 aliphatic heterocycles. The Hall–Kier alpha value is -5.09. The molecule has 4 heterocycles. The number of anilines is 1. The van der Waals surface area contributed by atoms with Crippen LogP contribution in [0, 0.1) is 5.92 Å². The second-order valence-corrected chi connectivity index (χ2v) is 12.5. The summed E-state index contributed by atoms with van der Waals surface area (Å²) in [4.78, 5) is 86.6. The molecule has 45 heavy (non-hydrogen) atoms. The molecule has 0 unspecified atom stereocenters. The van der Waals surface area contributed by atoms with Crippen molar-refractivity contribution < 1.29 is 52.0 Å². The number of aromatic hydroxyl groups is 1. The summed E-state index contributed by atoms with van der Waals surface area (Å²) in [7, 11) is -5.12. The van der Waals surface area contributed by atoms with E-state index in [1.807, 2.05) is 0 Å². The van der Waals surface area contributed by atoms with Crippen molar-refractivity contribution >= 4 is 62.1 Å². The van der Waals surface area contributed by atoms with Crippen LogP contribution in [-0.2, 0) is 34.3 Å². The van der Waals surface area contributed by atoms with Gasteiger partial charge in [0, 0.05) is 37.3 Å². The number of aliphatic carboxylic acids is 1. The molecule has 2 saturated heterocycles. The summed E-state index contributed by atoms with van der Waals surface area (Å²) in [5.41, 5.74) is 2.07. The SMILES string of the molecule is CC(C)(ON=C(C(=O)N[C@@H]1C(=O)N(S(=O)(=O)O)[C@@H]1CNC(=O)C1CN(C(=O)c2cc(=O)c(O)c[nH]2)C1)c1csc(N)n1)C(=O)O. The maximum Gasteiger partial charge on any atom is 0.362 e. The van der Waals surface area contributed by atoms with Crippen molar-refractivity contribution in [1.29, 1.82) is 0 Å². The van der Waals surface area contributed by atoms with E-state index in [2.05, 4.69) is 25.8 Å². The Labute approximate surface area is 256 Å². The summed E-state index contributed by atoms with van der Waals surface area (Å²) < 4.78 is 33.4. The summed E-state index contributed by atoms with van der Waals surface area (Å²) in [5, 5.41) is 28.1. The number of β-lactam (4-membered cyclic amide) rings is 1. The molecule has 2 atom stereocenters. The van der Waals surface area contributed by atoms with Crippen molar-refractivity contribution in [3.63, 3.8) is 0 Å². The maximum absolute atomic E-state index is 13.2. The third kappa shape index (κ3) is 6.86. The molecule has 0 radical (unpaired) electrons. The number of nitrogens with one attached hydrogen (secondary N) is 3. The number of hydrogen-bond donors (Lipinski definition) is 7. The molecule has 4 amide bonds. The zero-order valence-electron chi connectivity index (χ0n) is 23.3. The van der Waals surface area contributed by atoms with Crippen LogP contribution in [0.4, 0.5) is 5.13 Å². The lowest BCUT2D eigenvalue weighted by Gasteiger charge is -2.44. The van der Waals surface area contributed by atoms with Gasteiger partial charge in [0.2, 0.25) is 16.9 Å². The lowest BCUT2D eigenvalue weighted by atomic mass is 9.96. The molecule has 2 aromatic heterocycles. The Balaban J connectivity index is 1.43. The van der Waals surface area contributed by atoms with Crippen LogP contribution in [-0.4, -0.2) is 115 Å². The van der Waals surface area contributed by atoms with Gasteiger partial charge in [0.1, 0.15) is 17.4 Å². The highest BCUT2D eigenvalue weighted by Crippen LogP contribution is 2.25. The van der Waals surface area contributed by atoms with Crippen molar-refractivity contribution in [2.75, 3.05) is 25.4 Å². The van der Waals surface area contributed by atoms with E-state index in [0.29, 0.717) is 0 Å². The number of likely N-dealkylation sites (tertiary alicyclic amines) is 1. The molecule has 2 aromatic rings. The molecule has 20 nitrogen and oxygen atoms in total. The second kappa shape index (κ2) is 12.1. The van der Waals surface area contributed by atoms with Crippen LogP contribution >= 0.6 is 11.3 Å². The molecule has 0 spiro atoms. The van der Waals surface area contributed by atoms with E-state index >= 15 is 0 Å². The number of nitrogen functional groups attached to an aromatic ring is 1. The van der Waals surface area contributed by atoms with E-state index in [9.17, 15) is 52.0 Å². The first-order valence-electron chi connectivity index (χ1n) is 12.7. The van der Waals surface area contributed by atoms with Gasteiger partial charge in [0.25, 0.3) is 17.7 Å². The Morgan fingerprint density at radius 2 is 1.93 bits per heavy atom. The van der Waals surface area contributed by atoms with Gasteiger partial charge in [-0.15, -0.1) is 11.3 Å². The van der Waals surface area contributed by atoms with Crippen LogP contribution in [0.5, 0.6) is 5.75 Å². The largest absolute Gasteiger partial charge is 0.503 e. The number of carbonyl (C=O) groups is 5. The molecule has 8 N–H and O–H groups in total. The van der Waals surface area contributed by atoms with Crippen LogP contribution < -0.4 is 21.8 Å². The van der Waals surface area contributed by atoms with Gasteiger partial charge in [-0.3, -0.25) is 28.5 Å². The van der Waals surface area contributed by atoms with Gasteiger partial charge in [0.15, 0.2) is 16.6 Å². The van der Waals surface area contributed by atoms with E-state index in [1.54, 1.807) is 0 Å². The van der Waals surface area contributed by atoms with Crippen molar-refractivity contribution in [3.8, 4) is 5.75 Å². The summed E-state index contributed by atoms with van der Waals surface area (Å²) in [6, 6.07) is -2.21. The van der Waals surface area contributed by atoms with E-state index in [-0.39, 0.29) is 33.9 Å². The number of nitrogens with zero attached hydrogens (tertiary/aromatic N) is 4. The molecule has 4 rings (SSSR count). The lowest BCUT2D eigenvalue weighted by molar-refractivity contribution is -0.161. The number of pyridine rings is 1. The van der Waals surface area contributed by atoms with Crippen LogP contribution in [0.15, 0.2) is 27.6 Å². The summed E-state index contributed by atoms with van der Waals surface area (Å²) in [6.07, 6.45) is 0.945. The quantitative estimate of drug-likeness (QED) is 0.0546. The monoisotopic (exact) mass is 670 g/mol. The number of aromatic amines is 1. The summed E-state index contributed by atoms with van der Waals surface area (Å²) >= 11 is 0.905.